The number of oxime groups is 1. The average molecular weight is 517 g/mol. The van der Waals surface area contributed by atoms with Gasteiger partial charge in [-0.2, -0.15) is 0 Å². The molecule has 186 valence electrons. The van der Waals surface area contributed by atoms with Gasteiger partial charge in [0.1, 0.15) is 0 Å². The van der Waals surface area contributed by atoms with Crippen LogP contribution >= 0.6 is 11.6 Å². The first kappa shape index (κ1) is 26.7. The number of aromatic nitrogens is 1. The molecule has 0 saturated heterocycles. The zero-order chi connectivity index (χ0) is 25.6. The molecule has 0 aliphatic carbocycles. The molecule has 3 aromatic rings. The van der Waals surface area contributed by atoms with Crippen molar-refractivity contribution in [2.45, 2.75) is 37.6 Å². The van der Waals surface area contributed by atoms with Crippen molar-refractivity contribution in [3.8, 4) is 0 Å². The quantitative estimate of drug-likeness (QED) is 0.183. The molecule has 0 bridgehead atoms. The van der Waals surface area contributed by atoms with Gasteiger partial charge in [-0.15, -0.1) is 0 Å². The molecule has 7 nitrogen and oxygen atoms in total. The van der Waals surface area contributed by atoms with Crippen LogP contribution in [0.25, 0.3) is 0 Å². The molecule has 1 aromatic heterocycles. The zero-order valence-electron chi connectivity index (χ0n) is 19.9. The molecule has 0 aliphatic heterocycles. The summed E-state index contributed by atoms with van der Waals surface area (Å²) in [5.41, 5.74) is 3.59. The lowest BCUT2D eigenvalue weighted by atomic mass is 9.83. The van der Waals surface area contributed by atoms with Crippen LogP contribution in [0.4, 0.5) is 0 Å². The van der Waals surface area contributed by atoms with Crippen molar-refractivity contribution < 1.29 is 18.4 Å². The molecular formula is C26H29ClN2O5S. The largest absolute Gasteiger partial charge is 0.411 e. The number of hydrogen-bond acceptors (Lipinski definition) is 6. The molecule has 0 fully saturated rings. The lowest BCUT2D eigenvalue weighted by Crippen LogP contribution is -2.23. The molecule has 1 atom stereocenters. The topological polar surface area (TPSA) is 98.0 Å². The van der Waals surface area contributed by atoms with Crippen molar-refractivity contribution >= 4 is 27.1 Å². The normalized spacial score (nSPS) is 13.1. The minimum atomic E-state index is -3.34. The summed E-state index contributed by atoms with van der Waals surface area (Å²) in [6.45, 7) is 5.16. The lowest BCUT2D eigenvalue weighted by Gasteiger charge is -2.21. The van der Waals surface area contributed by atoms with Crippen LogP contribution in [0.1, 0.15) is 41.5 Å². The smallest absolute Gasteiger partial charge is 0.250 e. The van der Waals surface area contributed by atoms with E-state index in [4.69, 9.17) is 16.3 Å². The van der Waals surface area contributed by atoms with E-state index < -0.39 is 9.84 Å². The van der Waals surface area contributed by atoms with Crippen LogP contribution in [-0.4, -0.2) is 43.4 Å². The summed E-state index contributed by atoms with van der Waals surface area (Å²) in [5, 5.41) is 14.1. The third kappa shape index (κ3) is 6.81. The fraction of sp³-hybridized carbons (Fsp3) is 0.308. The Morgan fingerprint density at radius 2 is 1.86 bits per heavy atom. The Balaban J connectivity index is 2.02. The van der Waals surface area contributed by atoms with Gasteiger partial charge in [0.05, 0.1) is 17.2 Å². The van der Waals surface area contributed by atoms with Crippen LogP contribution in [0.5, 0.6) is 0 Å². The third-order valence-corrected chi connectivity index (χ3v) is 7.20. The highest BCUT2D eigenvalue weighted by atomic mass is 35.5. The van der Waals surface area contributed by atoms with Gasteiger partial charge in [-0.1, -0.05) is 35.0 Å². The summed E-state index contributed by atoms with van der Waals surface area (Å²) in [4.78, 5) is 12.5. The molecule has 9 heteroatoms. The maximum absolute atomic E-state index is 12.3. The maximum Gasteiger partial charge on any atom is 0.250 e. The highest BCUT2D eigenvalue weighted by Gasteiger charge is 2.22. The van der Waals surface area contributed by atoms with Gasteiger partial charge in [0.25, 0.3) is 5.56 Å². The van der Waals surface area contributed by atoms with Gasteiger partial charge in [0, 0.05) is 54.6 Å². The van der Waals surface area contributed by atoms with Crippen molar-refractivity contribution in [2.24, 2.45) is 5.16 Å². The van der Waals surface area contributed by atoms with Gasteiger partial charge < -0.3 is 14.5 Å². The van der Waals surface area contributed by atoms with Crippen LogP contribution < -0.4 is 5.56 Å². The van der Waals surface area contributed by atoms with Gasteiger partial charge in [0.2, 0.25) is 0 Å². The standard InChI is InChI=1S/C26H29ClN2O5S/c1-4-34-14-13-29-17-20(7-12-26(29)30)25(28-31)16-24(23-11-8-21(27)15-18(23)2)19-5-9-22(10-6-19)35(3,32)33/h5-12,15,17,24,31H,4,13-14,16H2,1-3H3. The molecule has 3 rings (SSSR count). The number of rotatable bonds is 10. The van der Waals surface area contributed by atoms with E-state index >= 15 is 0 Å². The molecule has 0 amide bonds. The second-order valence-electron chi connectivity index (χ2n) is 8.29. The molecule has 0 spiro atoms. The Hall–Kier alpha value is -2.94. The van der Waals surface area contributed by atoms with E-state index in [9.17, 15) is 18.4 Å². The summed E-state index contributed by atoms with van der Waals surface area (Å²) in [5.74, 6) is -0.254. The number of pyridine rings is 1. The van der Waals surface area contributed by atoms with Crippen LogP contribution in [0.15, 0.2) is 75.6 Å². The molecule has 1 N–H and O–H groups in total. The van der Waals surface area contributed by atoms with E-state index in [1.807, 2.05) is 26.0 Å². The van der Waals surface area contributed by atoms with Gasteiger partial charge in [-0.25, -0.2) is 8.42 Å². The number of aryl methyl sites for hydroxylation is 1. The monoisotopic (exact) mass is 516 g/mol. The average Bonchev–Trinajstić information content (AvgIpc) is 2.82. The van der Waals surface area contributed by atoms with Gasteiger partial charge in [0.15, 0.2) is 9.84 Å². The van der Waals surface area contributed by atoms with E-state index in [1.165, 1.54) is 16.9 Å². The van der Waals surface area contributed by atoms with E-state index in [2.05, 4.69) is 5.16 Å². The second-order valence-corrected chi connectivity index (χ2v) is 10.7. The highest BCUT2D eigenvalue weighted by molar-refractivity contribution is 7.90. The first-order chi connectivity index (χ1) is 16.6. The summed E-state index contributed by atoms with van der Waals surface area (Å²) < 4.78 is 30.8. The Labute approximate surface area is 210 Å². The van der Waals surface area contributed by atoms with Crippen molar-refractivity contribution in [2.75, 3.05) is 19.5 Å². The predicted octanol–water partition coefficient (Wildman–Crippen LogP) is 4.65. The van der Waals surface area contributed by atoms with E-state index in [0.29, 0.717) is 42.5 Å². The predicted molar refractivity (Wildman–Crippen MR) is 138 cm³/mol. The molecule has 2 aromatic carbocycles. The van der Waals surface area contributed by atoms with E-state index in [1.54, 1.807) is 42.6 Å². The number of sulfone groups is 1. The minimum Gasteiger partial charge on any atom is -0.411 e. The first-order valence-electron chi connectivity index (χ1n) is 11.2. The SMILES string of the molecule is CCOCCn1cc(C(CC(c2ccc(S(C)(=O)=O)cc2)c2ccc(Cl)cc2C)=NO)ccc1=O. The van der Waals surface area contributed by atoms with Crippen molar-refractivity contribution in [1.82, 2.24) is 4.57 Å². The Morgan fingerprint density at radius 3 is 2.46 bits per heavy atom. The zero-order valence-corrected chi connectivity index (χ0v) is 21.5. The fourth-order valence-corrected chi connectivity index (χ4v) is 4.84. The molecular weight excluding hydrogens is 488 g/mol. The summed E-state index contributed by atoms with van der Waals surface area (Å²) in [7, 11) is -3.34. The molecule has 1 heterocycles. The highest BCUT2D eigenvalue weighted by Crippen LogP contribution is 2.33. The Bertz CT molecular complexity index is 1370. The van der Waals surface area contributed by atoms with Gasteiger partial charge in [-0.3, -0.25) is 4.79 Å². The van der Waals surface area contributed by atoms with Crippen LogP contribution in [0.2, 0.25) is 5.02 Å². The maximum atomic E-state index is 12.3. The van der Waals surface area contributed by atoms with E-state index in [-0.39, 0.29) is 16.4 Å². The van der Waals surface area contributed by atoms with Crippen LogP contribution in [0, 0.1) is 6.92 Å². The minimum absolute atomic E-state index is 0.174. The molecule has 35 heavy (non-hydrogen) atoms. The number of ether oxygens (including phenoxy) is 1. The fourth-order valence-electron chi connectivity index (χ4n) is 3.98. The van der Waals surface area contributed by atoms with Crippen molar-refractivity contribution in [1.29, 1.82) is 0 Å². The second kappa shape index (κ2) is 11.7. The number of benzene rings is 2. The van der Waals surface area contributed by atoms with Crippen molar-refractivity contribution in [3.05, 3.63) is 98.4 Å². The molecule has 0 radical (unpaired) electrons. The Morgan fingerprint density at radius 1 is 1.14 bits per heavy atom. The lowest BCUT2D eigenvalue weighted by molar-refractivity contribution is 0.138. The number of nitrogens with zero attached hydrogens (tertiary/aromatic N) is 2. The van der Waals surface area contributed by atoms with Gasteiger partial charge in [-0.05, 0) is 60.9 Å². The van der Waals surface area contributed by atoms with Gasteiger partial charge >= 0.3 is 0 Å². The van der Waals surface area contributed by atoms with E-state index in [0.717, 1.165) is 16.7 Å². The molecule has 0 aliphatic rings. The Kier molecular flexibility index (Phi) is 8.88. The van der Waals surface area contributed by atoms with Crippen LogP contribution in [-0.2, 0) is 21.1 Å². The first-order valence-corrected chi connectivity index (χ1v) is 13.5. The number of halogens is 1. The van der Waals surface area contributed by atoms with Crippen LogP contribution in [0.3, 0.4) is 0 Å². The summed E-state index contributed by atoms with van der Waals surface area (Å²) in [6, 6.07) is 15.3. The molecule has 0 saturated carbocycles. The summed E-state index contributed by atoms with van der Waals surface area (Å²) in [6.07, 6.45) is 3.13. The number of hydrogen-bond donors (Lipinski definition) is 1. The summed E-state index contributed by atoms with van der Waals surface area (Å²) >= 11 is 6.18. The van der Waals surface area contributed by atoms with Crippen molar-refractivity contribution in [3.63, 3.8) is 0 Å². The molecule has 1 unspecified atom stereocenters. The third-order valence-electron chi connectivity index (χ3n) is 5.83.